The van der Waals surface area contributed by atoms with E-state index in [1.165, 1.54) is 4.31 Å². The van der Waals surface area contributed by atoms with Crippen LogP contribution in [0.1, 0.15) is 25.0 Å². The third-order valence-corrected chi connectivity index (χ3v) is 5.68. The molecule has 19 heavy (non-hydrogen) atoms. The fraction of sp³-hybridized carbons (Fsp3) is 0.538. The van der Waals surface area contributed by atoms with E-state index >= 15 is 0 Å². The molecule has 0 saturated heterocycles. The molecule has 4 nitrogen and oxygen atoms in total. The molecular formula is C13H21BrN2O2S. The van der Waals surface area contributed by atoms with Crippen molar-refractivity contribution in [2.24, 2.45) is 11.7 Å². The maximum absolute atomic E-state index is 12.6. The summed E-state index contributed by atoms with van der Waals surface area (Å²) in [6.07, 6.45) is 0. The highest BCUT2D eigenvalue weighted by Gasteiger charge is 2.24. The van der Waals surface area contributed by atoms with Gasteiger partial charge in [-0.1, -0.05) is 29.8 Å². The van der Waals surface area contributed by atoms with Gasteiger partial charge in [0.05, 0.1) is 4.90 Å². The minimum absolute atomic E-state index is 0.279. The molecule has 108 valence electrons. The normalized spacial score (nSPS) is 12.4. The standard InChI is InChI=1S/C13H21BrN2O2S/c1-9(2)8-16(4)19(17,18)13-6-11(7-15)5-12(14)10(13)3/h5-6,9H,7-8,15H2,1-4H3. The van der Waals surface area contributed by atoms with Crippen molar-refractivity contribution in [3.8, 4) is 0 Å². The van der Waals surface area contributed by atoms with Crippen molar-refractivity contribution < 1.29 is 8.42 Å². The predicted octanol–water partition coefficient (Wildman–Crippen LogP) is 2.49. The van der Waals surface area contributed by atoms with Gasteiger partial charge in [0.15, 0.2) is 0 Å². The number of rotatable bonds is 5. The maximum atomic E-state index is 12.6. The number of sulfonamides is 1. The Kier molecular flexibility index (Phi) is 5.55. The molecule has 0 unspecified atom stereocenters. The lowest BCUT2D eigenvalue weighted by Gasteiger charge is -2.21. The molecule has 0 fully saturated rings. The summed E-state index contributed by atoms with van der Waals surface area (Å²) < 4.78 is 27.3. The molecule has 0 radical (unpaired) electrons. The lowest BCUT2D eigenvalue weighted by atomic mass is 10.1. The highest BCUT2D eigenvalue weighted by atomic mass is 79.9. The molecule has 0 heterocycles. The van der Waals surface area contributed by atoms with Gasteiger partial charge in [-0.05, 0) is 36.1 Å². The van der Waals surface area contributed by atoms with E-state index in [2.05, 4.69) is 15.9 Å². The Labute approximate surface area is 124 Å². The van der Waals surface area contributed by atoms with Crippen LogP contribution in [0, 0.1) is 12.8 Å². The summed E-state index contributed by atoms with van der Waals surface area (Å²) in [6, 6.07) is 3.52. The molecular weight excluding hydrogens is 328 g/mol. The van der Waals surface area contributed by atoms with Gasteiger partial charge in [0.2, 0.25) is 10.0 Å². The van der Waals surface area contributed by atoms with E-state index in [9.17, 15) is 8.42 Å². The quantitative estimate of drug-likeness (QED) is 0.888. The maximum Gasteiger partial charge on any atom is 0.243 e. The molecule has 0 bridgehead atoms. The molecule has 0 aliphatic heterocycles. The number of nitrogens with zero attached hydrogens (tertiary/aromatic N) is 1. The SMILES string of the molecule is Cc1c(Br)cc(CN)cc1S(=O)(=O)N(C)CC(C)C. The van der Waals surface area contributed by atoms with Gasteiger partial charge in [0.25, 0.3) is 0 Å². The van der Waals surface area contributed by atoms with E-state index in [4.69, 9.17) is 5.73 Å². The largest absolute Gasteiger partial charge is 0.326 e. The summed E-state index contributed by atoms with van der Waals surface area (Å²) in [7, 11) is -1.86. The van der Waals surface area contributed by atoms with E-state index in [0.29, 0.717) is 23.5 Å². The number of halogens is 1. The first-order valence-corrected chi connectivity index (χ1v) is 8.38. The smallest absolute Gasteiger partial charge is 0.243 e. The van der Waals surface area contributed by atoms with Crippen LogP contribution in [0.2, 0.25) is 0 Å². The van der Waals surface area contributed by atoms with Gasteiger partial charge in [-0.25, -0.2) is 12.7 Å². The molecule has 0 aromatic heterocycles. The first-order valence-electron chi connectivity index (χ1n) is 6.15. The zero-order chi connectivity index (χ0) is 14.8. The van der Waals surface area contributed by atoms with Crippen molar-refractivity contribution >= 4 is 26.0 Å². The number of hydrogen-bond donors (Lipinski definition) is 1. The Morgan fingerprint density at radius 2 is 1.95 bits per heavy atom. The summed E-state index contributed by atoms with van der Waals surface area (Å²) in [5.74, 6) is 0.279. The van der Waals surface area contributed by atoms with Crippen molar-refractivity contribution in [3.63, 3.8) is 0 Å². The van der Waals surface area contributed by atoms with Crippen LogP contribution in [0.25, 0.3) is 0 Å². The van der Waals surface area contributed by atoms with Gasteiger partial charge >= 0.3 is 0 Å². The minimum Gasteiger partial charge on any atom is -0.326 e. The van der Waals surface area contributed by atoms with E-state index in [-0.39, 0.29) is 5.92 Å². The lowest BCUT2D eigenvalue weighted by molar-refractivity contribution is 0.417. The molecule has 0 atom stereocenters. The van der Waals surface area contributed by atoms with Crippen LogP contribution in [-0.4, -0.2) is 26.3 Å². The molecule has 2 N–H and O–H groups in total. The predicted molar refractivity (Wildman–Crippen MR) is 81.4 cm³/mol. The summed E-state index contributed by atoms with van der Waals surface area (Å²) >= 11 is 3.39. The zero-order valence-corrected chi connectivity index (χ0v) is 14.2. The van der Waals surface area contributed by atoms with Crippen molar-refractivity contribution in [2.45, 2.75) is 32.2 Å². The van der Waals surface area contributed by atoms with Crippen LogP contribution in [0.3, 0.4) is 0 Å². The molecule has 0 amide bonds. The summed E-state index contributed by atoms with van der Waals surface area (Å²) in [5, 5.41) is 0. The highest BCUT2D eigenvalue weighted by molar-refractivity contribution is 9.10. The van der Waals surface area contributed by atoms with Gasteiger partial charge in [0.1, 0.15) is 0 Å². The fourth-order valence-corrected chi connectivity index (χ4v) is 4.14. The Balaban J connectivity index is 3.32. The van der Waals surface area contributed by atoms with E-state index in [1.54, 1.807) is 20.0 Å². The van der Waals surface area contributed by atoms with E-state index in [1.807, 2.05) is 19.9 Å². The van der Waals surface area contributed by atoms with Crippen LogP contribution in [0.5, 0.6) is 0 Å². The van der Waals surface area contributed by atoms with Crippen LogP contribution < -0.4 is 5.73 Å². The average Bonchev–Trinajstić information content (AvgIpc) is 2.31. The lowest BCUT2D eigenvalue weighted by Crippen LogP contribution is -2.31. The molecule has 1 aromatic rings. The van der Waals surface area contributed by atoms with Gasteiger partial charge in [0, 0.05) is 24.6 Å². The summed E-state index contributed by atoms with van der Waals surface area (Å²) in [5.41, 5.74) is 7.12. The Hall–Kier alpha value is -0.430. The second kappa shape index (κ2) is 6.35. The van der Waals surface area contributed by atoms with Gasteiger partial charge in [-0.15, -0.1) is 0 Å². The Bertz CT molecular complexity index is 556. The van der Waals surface area contributed by atoms with Crippen LogP contribution in [-0.2, 0) is 16.6 Å². The second-order valence-electron chi connectivity index (χ2n) is 5.08. The second-order valence-corrected chi connectivity index (χ2v) is 7.95. The molecule has 0 saturated carbocycles. The fourth-order valence-electron chi connectivity index (χ4n) is 1.87. The number of benzene rings is 1. The topological polar surface area (TPSA) is 63.4 Å². The average molecular weight is 349 g/mol. The molecule has 0 spiro atoms. The third-order valence-electron chi connectivity index (χ3n) is 2.90. The first-order chi connectivity index (χ1) is 8.70. The zero-order valence-electron chi connectivity index (χ0n) is 11.8. The third kappa shape index (κ3) is 3.78. The Morgan fingerprint density at radius 1 is 1.37 bits per heavy atom. The Morgan fingerprint density at radius 3 is 2.42 bits per heavy atom. The van der Waals surface area contributed by atoms with E-state index in [0.717, 1.165) is 10.0 Å². The molecule has 0 aliphatic rings. The van der Waals surface area contributed by atoms with Crippen molar-refractivity contribution in [1.29, 1.82) is 0 Å². The van der Waals surface area contributed by atoms with Crippen molar-refractivity contribution in [1.82, 2.24) is 4.31 Å². The van der Waals surface area contributed by atoms with Crippen molar-refractivity contribution in [3.05, 3.63) is 27.7 Å². The van der Waals surface area contributed by atoms with Crippen LogP contribution in [0.4, 0.5) is 0 Å². The van der Waals surface area contributed by atoms with Crippen LogP contribution >= 0.6 is 15.9 Å². The molecule has 1 rings (SSSR count). The van der Waals surface area contributed by atoms with Crippen molar-refractivity contribution in [2.75, 3.05) is 13.6 Å². The van der Waals surface area contributed by atoms with Crippen LogP contribution in [0.15, 0.2) is 21.5 Å². The van der Waals surface area contributed by atoms with E-state index < -0.39 is 10.0 Å². The number of nitrogens with two attached hydrogens (primary N) is 1. The van der Waals surface area contributed by atoms with Gasteiger partial charge in [-0.2, -0.15) is 0 Å². The first kappa shape index (κ1) is 16.6. The summed E-state index contributed by atoms with van der Waals surface area (Å²) in [6.45, 7) is 6.58. The monoisotopic (exact) mass is 348 g/mol. The highest BCUT2D eigenvalue weighted by Crippen LogP contribution is 2.27. The molecule has 6 heteroatoms. The van der Waals surface area contributed by atoms with Gasteiger partial charge in [-0.3, -0.25) is 0 Å². The van der Waals surface area contributed by atoms with Gasteiger partial charge < -0.3 is 5.73 Å². The molecule has 1 aromatic carbocycles. The summed E-state index contributed by atoms with van der Waals surface area (Å²) in [4.78, 5) is 0.325. The molecule has 0 aliphatic carbocycles. The number of hydrogen-bond acceptors (Lipinski definition) is 3. The minimum atomic E-state index is -3.47.